The molecule has 1 fully saturated rings. The molecule has 4 rings (SSSR count). The van der Waals surface area contributed by atoms with Crippen LogP contribution in [-0.4, -0.2) is 42.9 Å². The Kier molecular flexibility index (Phi) is 7.54. The summed E-state index contributed by atoms with van der Waals surface area (Å²) < 4.78 is 33.0. The van der Waals surface area contributed by atoms with Gasteiger partial charge in [-0.1, -0.05) is 31.9 Å². The van der Waals surface area contributed by atoms with Gasteiger partial charge in [-0.3, -0.25) is 14.3 Å². The normalized spacial score (nSPS) is 20.6. The van der Waals surface area contributed by atoms with E-state index in [4.69, 9.17) is 4.74 Å². The van der Waals surface area contributed by atoms with Crippen molar-refractivity contribution in [3.63, 3.8) is 0 Å². The lowest BCUT2D eigenvalue weighted by Crippen LogP contribution is -2.50. The van der Waals surface area contributed by atoms with E-state index in [2.05, 4.69) is 17.3 Å². The maximum atomic E-state index is 13.3. The van der Waals surface area contributed by atoms with Gasteiger partial charge in [0.05, 0.1) is 24.1 Å². The Morgan fingerprint density at radius 2 is 1.97 bits per heavy atom. The van der Waals surface area contributed by atoms with Crippen molar-refractivity contribution in [2.45, 2.75) is 64.5 Å². The number of hydrogen-bond acceptors (Lipinski definition) is 6. The van der Waals surface area contributed by atoms with Crippen LogP contribution in [0.4, 0.5) is 0 Å². The summed E-state index contributed by atoms with van der Waals surface area (Å²) in [5.74, 6) is -0.272. The maximum Gasteiger partial charge on any atom is 0.270 e. The van der Waals surface area contributed by atoms with E-state index < -0.39 is 27.4 Å². The first-order valence-electron chi connectivity index (χ1n) is 12.4. The maximum absolute atomic E-state index is 13.3. The number of hydrogen-bond donors (Lipinski definition) is 2. The van der Waals surface area contributed by atoms with Crippen LogP contribution in [0.15, 0.2) is 42.1 Å². The van der Waals surface area contributed by atoms with Gasteiger partial charge in [-0.2, -0.15) is 5.10 Å². The van der Waals surface area contributed by atoms with Gasteiger partial charge >= 0.3 is 0 Å². The molecule has 194 valence electrons. The molecule has 0 radical (unpaired) electrons. The van der Waals surface area contributed by atoms with Crippen molar-refractivity contribution in [3.8, 4) is 5.75 Å². The Hall–Kier alpha value is -3.14. The Morgan fingerprint density at radius 1 is 1.25 bits per heavy atom. The standard InChI is InChI=1S/C26H34N4O5S/c1-4-5-15-35-20-11-9-19(10-12-20)26(2)16-21(22-13-14-30(28-22)17-18-7-6-8-18)23(24(31)27-26)25(32)29-36(3,33)34/h9-14,18H,4-8,15-17H2,1-3H3,(H,27,31)(H,29,32)/t26-/m0/s1. The van der Waals surface area contributed by atoms with Crippen molar-refractivity contribution in [1.29, 1.82) is 0 Å². The second-order valence-corrected chi connectivity index (χ2v) is 11.7. The molecule has 2 N–H and O–H groups in total. The van der Waals surface area contributed by atoms with E-state index in [1.54, 1.807) is 6.07 Å². The smallest absolute Gasteiger partial charge is 0.270 e. The van der Waals surface area contributed by atoms with Gasteiger partial charge in [-0.05, 0) is 55.9 Å². The number of ether oxygens (including phenoxy) is 1. The van der Waals surface area contributed by atoms with Gasteiger partial charge in [0.15, 0.2) is 0 Å². The number of sulfonamides is 1. The molecule has 2 aliphatic rings. The van der Waals surface area contributed by atoms with Crippen LogP contribution in [0.3, 0.4) is 0 Å². The number of rotatable bonds is 10. The highest BCUT2D eigenvalue weighted by atomic mass is 32.2. The third-order valence-corrected chi connectivity index (χ3v) is 7.39. The molecule has 36 heavy (non-hydrogen) atoms. The molecule has 1 aromatic heterocycles. The van der Waals surface area contributed by atoms with Crippen molar-refractivity contribution in [2.24, 2.45) is 5.92 Å². The zero-order valence-electron chi connectivity index (χ0n) is 21.0. The van der Waals surface area contributed by atoms with E-state index in [9.17, 15) is 18.0 Å². The molecule has 1 aromatic carbocycles. The molecule has 0 bridgehead atoms. The first-order chi connectivity index (χ1) is 17.1. The summed E-state index contributed by atoms with van der Waals surface area (Å²) in [6.07, 6.45) is 8.56. The van der Waals surface area contributed by atoms with Gasteiger partial charge in [0.1, 0.15) is 11.3 Å². The predicted octanol–water partition coefficient (Wildman–Crippen LogP) is 3.13. The third kappa shape index (κ3) is 5.98. The number of aromatic nitrogens is 2. The fourth-order valence-electron chi connectivity index (χ4n) is 4.61. The van der Waals surface area contributed by atoms with Crippen molar-refractivity contribution in [3.05, 3.63) is 53.4 Å². The summed E-state index contributed by atoms with van der Waals surface area (Å²) >= 11 is 0. The summed E-state index contributed by atoms with van der Waals surface area (Å²) in [6.45, 7) is 5.40. The SMILES string of the molecule is CCCCOc1ccc([C@]2(C)CC(c3ccn(CC4CCC4)n3)=C(C(=O)NS(C)(=O)=O)C(=O)N2)cc1. The average molecular weight is 515 g/mol. The van der Waals surface area contributed by atoms with Gasteiger partial charge in [-0.15, -0.1) is 0 Å². The van der Waals surface area contributed by atoms with Crippen LogP contribution in [0.1, 0.15) is 63.6 Å². The average Bonchev–Trinajstić information content (AvgIpc) is 3.24. The predicted molar refractivity (Wildman–Crippen MR) is 136 cm³/mol. The molecule has 9 nitrogen and oxygen atoms in total. The zero-order chi connectivity index (χ0) is 25.9. The lowest BCUT2D eigenvalue weighted by Gasteiger charge is -2.37. The second-order valence-electron chi connectivity index (χ2n) is 9.97. The van der Waals surface area contributed by atoms with Crippen LogP contribution < -0.4 is 14.8 Å². The van der Waals surface area contributed by atoms with Crippen LogP contribution in [0, 0.1) is 5.92 Å². The van der Waals surface area contributed by atoms with Crippen molar-refractivity contribution >= 4 is 27.4 Å². The zero-order valence-corrected chi connectivity index (χ0v) is 21.9. The molecular formula is C26H34N4O5S. The molecule has 10 heteroatoms. The first-order valence-corrected chi connectivity index (χ1v) is 14.3. The minimum absolute atomic E-state index is 0.230. The number of carbonyl (C=O) groups excluding carboxylic acids is 2. The minimum Gasteiger partial charge on any atom is -0.494 e. The Labute approximate surface area is 212 Å². The van der Waals surface area contributed by atoms with Gasteiger partial charge < -0.3 is 10.1 Å². The van der Waals surface area contributed by atoms with Crippen molar-refractivity contribution in [1.82, 2.24) is 19.8 Å². The highest BCUT2D eigenvalue weighted by Gasteiger charge is 2.41. The van der Waals surface area contributed by atoms with E-state index in [-0.39, 0.29) is 12.0 Å². The monoisotopic (exact) mass is 514 g/mol. The number of carbonyl (C=O) groups is 2. The number of nitrogens with zero attached hydrogens (tertiary/aromatic N) is 2. The Balaban J connectivity index is 1.66. The fourth-order valence-corrected chi connectivity index (χ4v) is 5.05. The number of amides is 2. The summed E-state index contributed by atoms with van der Waals surface area (Å²) in [5, 5.41) is 7.59. The van der Waals surface area contributed by atoms with E-state index in [0.29, 0.717) is 23.8 Å². The van der Waals surface area contributed by atoms with Gasteiger partial charge in [0.2, 0.25) is 10.0 Å². The van der Waals surface area contributed by atoms with Crippen molar-refractivity contribution in [2.75, 3.05) is 12.9 Å². The number of unbranched alkanes of at least 4 members (excludes halogenated alkanes) is 1. The highest BCUT2D eigenvalue weighted by Crippen LogP contribution is 2.39. The number of nitrogens with one attached hydrogen (secondary N) is 2. The topological polar surface area (TPSA) is 119 Å². The number of benzene rings is 1. The van der Waals surface area contributed by atoms with Gasteiger partial charge in [0, 0.05) is 24.7 Å². The molecule has 2 heterocycles. The lowest BCUT2D eigenvalue weighted by atomic mass is 9.79. The molecule has 1 aliphatic heterocycles. The summed E-state index contributed by atoms with van der Waals surface area (Å²) in [6, 6.07) is 9.31. The largest absolute Gasteiger partial charge is 0.494 e. The van der Waals surface area contributed by atoms with Gasteiger partial charge in [-0.25, -0.2) is 13.1 Å². The van der Waals surface area contributed by atoms with Crippen LogP contribution in [0.2, 0.25) is 0 Å². The Bertz CT molecular complexity index is 1260. The van der Waals surface area contributed by atoms with Gasteiger partial charge in [0.25, 0.3) is 11.8 Å². The van der Waals surface area contributed by atoms with Crippen LogP contribution >= 0.6 is 0 Å². The lowest BCUT2D eigenvalue weighted by molar-refractivity contribution is -0.124. The quantitative estimate of drug-likeness (QED) is 0.371. The molecule has 0 unspecified atom stereocenters. The van der Waals surface area contributed by atoms with E-state index in [1.165, 1.54) is 19.3 Å². The van der Waals surface area contributed by atoms with Crippen LogP contribution in [-0.2, 0) is 31.7 Å². The van der Waals surface area contributed by atoms with Crippen LogP contribution in [0.5, 0.6) is 5.75 Å². The van der Waals surface area contributed by atoms with E-state index in [1.807, 2.05) is 46.8 Å². The fraction of sp³-hybridized carbons (Fsp3) is 0.500. The molecule has 0 spiro atoms. The molecule has 1 atom stereocenters. The van der Waals surface area contributed by atoms with Crippen molar-refractivity contribution < 1.29 is 22.7 Å². The molecular weight excluding hydrogens is 480 g/mol. The molecule has 0 saturated heterocycles. The molecule has 1 saturated carbocycles. The minimum atomic E-state index is -3.86. The van der Waals surface area contributed by atoms with E-state index >= 15 is 0 Å². The Morgan fingerprint density at radius 3 is 2.58 bits per heavy atom. The van der Waals surface area contributed by atoms with E-state index in [0.717, 1.165) is 37.0 Å². The second kappa shape index (κ2) is 10.5. The van der Waals surface area contributed by atoms with Crippen LogP contribution in [0.25, 0.3) is 5.57 Å². The highest BCUT2D eigenvalue weighted by molar-refractivity contribution is 7.89. The summed E-state index contributed by atoms with van der Waals surface area (Å²) in [7, 11) is -3.86. The first kappa shape index (κ1) is 25.9. The summed E-state index contributed by atoms with van der Waals surface area (Å²) in [5.41, 5.74) is 0.687. The molecule has 2 aromatic rings. The molecule has 1 aliphatic carbocycles. The molecule has 2 amide bonds. The summed E-state index contributed by atoms with van der Waals surface area (Å²) in [4.78, 5) is 26.2. The third-order valence-electron chi connectivity index (χ3n) is 6.83.